The summed E-state index contributed by atoms with van der Waals surface area (Å²) in [6.45, 7) is 0. The minimum Gasteiger partial charge on any atom is -0.438 e. The molecule has 7 nitrogen and oxygen atoms in total. The molecule has 5 aromatic carbocycles. The SMILES string of the molecule is c1ccc(-c2nc(-c3ccccc3)nc(-c3cccc(-c4ccc(-c5ncc6c(n5)oc5ccccc56)c5cnccc45)c3)n2)cc1. The van der Waals surface area contributed by atoms with Gasteiger partial charge in [-0.15, -0.1) is 0 Å². The second kappa shape index (κ2) is 11.1. The molecule has 0 aliphatic rings. The molecule has 0 N–H and O–H groups in total. The highest BCUT2D eigenvalue weighted by Gasteiger charge is 2.17. The van der Waals surface area contributed by atoms with Crippen molar-refractivity contribution in [1.82, 2.24) is 29.9 Å². The average molecular weight is 605 g/mol. The standard InChI is InChI=1S/C40H24N6O/c1-3-10-25(11-4-1)36-43-37(26-12-5-2-6-13-26)45-38(44-36)28-15-9-14-27(22-28)29-18-19-32(33-23-41-21-20-30(29)33)39-42-24-34-31-16-7-8-17-35(31)47-40(34)46-39/h1-24H. The molecule has 220 valence electrons. The summed E-state index contributed by atoms with van der Waals surface area (Å²) in [5, 5.41) is 3.88. The summed E-state index contributed by atoms with van der Waals surface area (Å²) in [5.74, 6) is 2.45. The first-order valence-corrected chi connectivity index (χ1v) is 15.3. The first-order valence-electron chi connectivity index (χ1n) is 15.3. The van der Waals surface area contributed by atoms with E-state index in [2.05, 4.69) is 29.2 Å². The zero-order valence-corrected chi connectivity index (χ0v) is 24.9. The van der Waals surface area contributed by atoms with Crippen LogP contribution in [0.25, 0.3) is 89.5 Å². The van der Waals surface area contributed by atoms with Gasteiger partial charge in [0.2, 0.25) is 5.71 Å². The van der Waals surface area contributed by atoms with Crippen molar-refractivity contribution >= 4 is 32.8 Å². The smallest absolute Gasteiger partial charge is 0.230 e. The van der Waals surface area contributed by atoms with Gasteiger partial charge in [-0.1, -0.05) is 103 Å². The number of hydrogen-bond donors (Lipinski definition) is 0. The molecule has 0 spiro atoms. The molecule has 47 heavy (non-hydrogen) atoms. The van der Waals surface area contributed by atoms with Crippen molar-refractivity contribution in [2.75, 3.05) is 0 Å². The van der Waals surface area contributed by atoms with Gasteiger partial charge in [-0.3, -0.25) is 4.98 Å². The lowest BCUT2D eigenvalue weighted by Crippen LogP contribution is -2.00. The summed E-state index contributed by atoms with van der Waals surface area (Å²) in [6, 6.07) is 42.4. The number of rotatable bonds is 5. The third-order valence-corrected chi connectivity index (χ3v) is 8.33. The fourth-order valence-corrected chi connectivity index (χ4v) is 6.04. The Hall–Kier alpha value is -6.60. The van der Waals surface area contributed by atoms with Crippen LogP contribution in [0.5, 0.6) is 0 Å². The maximum absolute atomic E-state index is 6.07. The van der Waals surface area contributed by atoms with Gasteiger partial charge in [0.1, 0.15) is 5.58 Å². The molecule has 4 heterocycles. The number of fused-ring (bicyclic) bond motifs is 4. The maximum Gasteiger partial charge on any atom is 0.230 e. The second-order valence-electron chi connectivity index (χ2n) is 11.2. The van der Waals surface area contributed by atoms with Gasteiger partial charge in [-0.05, 0) is 40.8 Å². The quantitative estimate of drug-likeness (QED) is 0.193. The van der Waals surface area contributed by atoms with E-state index in [4.69, 9.17) is 29.3 Å². The van der Waals surface area contributed by atoms with E-state index in [0.29, 0.717) is 29.0 Å². The van der Waals surface area contributed by atoms with Crippen molar-refractivity contribution in [2.24, 2.45) is 0 Å². The third kappa shape index (κ3) is 4.78. The molecule has 0 unspecified atom stereocenters. The van der Waals surface area contributed by atoms with Gasteiger partial charge < -0.3 is 4.42 Å². The van der Waals surface area contributed by atoms with Crippen LogP contribution < -0.4 is 0 Å². The maximum atomic E-state index is 6.07. The Morgan fingerprint density at radius 3 is 1.81 bits per heavy atom. The summed E-state index contributed by atoms with van der Waals surface area (Å²) in [6.07, 6.45) is 5.52. The van der Waals surface area contributed by atoms with Crippen LogP contribution in [-0.4, -0.2) is 29.9 Å². The van der Waals surface area contributed by atoms with Gasteiger partial charge in [0, 0.05) is 51.6 Å². The highest BCUT2D eigenvalue weighted by molar-refractivity contribution is 6.06. The zero-order valence-electron chi connectivity index (χ0n) is 24.9. The Balaban J connectivity index is 1.16. The van der Waals surface area contributed by atoms with E-state index in [1.165, 1.54) is 0 Å². The Kier molecular flexibility index (Phi) is 6.31. The van der Waals surface area contributed by atoms with Crippen LogP contribution in [0.2, 0.25) is 0 Å². The van der Waals surface area contributed by atoms with E-state index in [0.717, 1.165) is 60.5 Å². The van der Waals surface area contributed by atoms with Gasteiger partial charge in [0.25, 0.3) is 0 Å². The average Bonchev–Trinajstić information content (AvgIpc) is 3.53. The van der Waals surface area contributed by atoms with E-state index in [-0.39, 0.29) is 0 Å². The minimum atomic E-state index is 0.562. The highest BCUT2D eigenvalue weighted by Crippen LogP contribution is 2.37. The first-order chi connectivity index (χ1) is 23.3. The summed E-state index contributed by atoms with van der Waals surface area (Å²) >= 11 is 0. The van der Waals surface area contributed by atoms with Crippen LogP contribution in [0.3, 0.4) is 0 Å². The molecule has 0 saturated heterocycles. The second-order valence-corrected chi connectivity index (χ2v) is 11.2. The fraction of sp³-hybridized carbons (Fsp3) is 0. The van der Waals surface area contributed by atoms with Gasteiger partial charge in [0.05, 0.1) is 5.39 Å². The normalized spacial score (nSPS) is 11.4. The molecule has 0 saturated carbocycles. The predicted molar refractivity (Wildman–Crippen MR) is 185 cm³/mol. The Morgan fingerprint density at radius 2 is 1.04 bits per heavy atom. The minimum absolute atomic E-state index is 0.562. The third-order valence-electron chi connectivity index (χ3n) is 8.33. The molecule has 4 aromatic heterocycles. The van der Waals surface area contributed by atoms with E-state index >= 15 is 0 Å². The van der Waals surface area contributed by atoms with Crippen molar-refractivity contribution in [3.05, 3.63) is 146 Å². The zero-order chi connectivity index (χ0) is 31.2. The van der Waals surface area contributed by atoms with Crippen LogP contribution in [0.15, 0.2) is 150 Å². The molecular weight excluding hydrogens is 580 g/mol. The Labute approximate surface area is 269 Å². The number of para-hydroxylation sites is 1. The van der Waals surface area contributed by atoms with Crippen LogP contribution in [0.4, 0.5) is 0 Å². The number of benzene rings is 5. The van der Waals surface area contributed by atoms with Gasteiger partial charge in [0.15, 0.2) is 23.3 Å². The lowest BCUT2D eigenvalue weighted by Gasteiger charge is -2.12. The molecule has 0 aliphatic heterocycles. The molecular formula is C40H24N6O. The summed E-state index contributed by atoms with van der Waals surface area (Å²) in [7, 11) is 0. The van der Waals surface area contributed by atoms with E-state index in [1.54, 1.807) is 0 Å². The molecule has 7 heteroatoms. The lowest BCUT2D eigenvalue weighted by molar-refractivity contribution is 0.653. The summed E-state index contributed by atoms with van der Waals surface area (Å²) in [5.41, 5.74) is 7.08. The number of nitrogens with zero attached hydrogens (tertiary/aromatic N) is 6. The lowest BCUT2D eigenvalue weighted by atomic mass is 9.95. The van der Waals surface area contributed by atoms with Crippen LogP contribution in [0, 0.1) is 0 Å². The van der Waals surface area contributed by atoms with Gasteiger partial charge >= 0.3 is 0 Å². The van der Waals surface area contributed by atoms with Crippen LogP contribution >= 0.6 is 0 Å². The van der Waals surface area contributed by atoms with Crippen molar-refractivity contribution in [1.29, 1.82) is 0 Å². The molecule has 9 aromatic rings. The summed E-state index contributed by atoms with van der Waals surface area (Å²) in [4.78, 5) is 28.8. The largest absolute Gasteiger partial charge is 0.438 e. The van der Waals surface area contributed by atoms with Crippen LogP contribution in [-0.2, 0) is 0 Å². The predicted octanol–water partition coefficient (Wildman–Crippen LogP) is 9.44. The molecule has 0 fully saturated rings. The molecule has 0 radical (unpaired) electrons. The molecule has 0 aliphatic carbocycles. The van der Waals surface area contributed by atoms with E-state index in [1.807, 2.05) is 122 Å². The molecule has 9 rings (SSSR count). The number of aromatic nitrogens is 6. The fourth-order valence-electron chi connectivity index (χ4n) is 6.04. The van der Waals surface area contributed by atoms with Crippen molar-refractivity contribution in [3.63, 3.8) is 0 Å². The van der Waals surface area contributed by atoms with E-state index in [9.17, 15) is 0 Å². The van der Waals surface area contributed by atoms with Crippen molar-refractivity contribution in [2.45, 2.75) is 0 Å². The topological polar surface area (TPSA) is 90.5 Å². The first kappa shape index (κ1) is 26.8. The summed E-state index contributed by atoms with van der Waals surface area (Å²) < 4.78 is 6.07. The number of furan rings is 1. The number of pyridine rings is 1. The van der Waals surface area contributed by atoms with Gasteiger partial charge in [-0.25, -0.2) is 19.9 Å². The Morgan fingerprint density at radius 1 is 0.404 bits per heavy atom. The van der Waals surface area contributed by atoms with Crippen molar-refractivity contribution < 1.29 is 4.42 Å². The van der Waals surface area contributed by atoms with Crippen molar-refractivity contribution in [3.8, 4) is 56.7 Å². The van der Waals surface area contributed by atoms with E-state index < -0.39 is 0 Å². The van der Waals surface area contributed by atoms with Gasteiger partial charge in [-0.2, -0.15) is 4.98 Å². The molecule has 0 bridgehead atoms. The number of hydrogen-bond acceptors (Lipinski definition) is 7. The monoisotopic (exact) mass is 604 g/mol. The highest BCUT2D eigenvalue weighted by atomic mass is 16.3. The Bertz CT molecular complexity index is 2520. The molecule has 0 amide bonds. The molecule has 0 atom stereocenters. The van der Waals surface area contributed by atoms with Crippen LogP contribution in [0.1, 0.15) is 0 Å².